The Bertz CT molecular complexity index is 632. The molecule has 0 aliphatic heterocycles. The van der Waals surface area contributed by atoms with E-state index in [4.69, 9.17) is 21.1 Å². The summed E-state index contributed by atoms with van der Waals surface area (Å²) >= 11 is 6.31. The van der Waals surface area contributed by atoms with Gasteiger partial charge in [-0.3, -0.25) is 0 Å². The lowest BCUT2D eigenvalue weighted by atomic mass is 10.2. The molecule has 1 heterocycles. The highest BCUT2D eigenvalue weighted by Crippen LogP contribution is 2.36. The van der Waals surface area contributed by atoms with E-state index in [0.29, 0.717) is 42.2 Å². The molecule has 23 heavy (non-hydrogen) atoms. The fraction of sp³-hybridized carbons (Fsp3) is 0.533. The number of tetrazole rings is 1. The molecule has 0 atom stereocenters. The van der Waals surface area contributed by atoms with Crippen LogP contribution in [0.4, 0.5) is 5.95 Å². The van der Waals surface area contributed by atoms with Crippen LogP contribution in [0, 0.1) is 0 Å². The van der Waals surface area contributed by atoms with Crippen molar-refractivity contribution in [1.82, 2.24) is 20.2 Å². The topological polar surface area (TPSA) is 74.1 Å². The van der Waals surface area contributed by atoms with Gasteiger partial charge in [-0.15, -0.1) is 0 Å². The fourth-order valence-corrected chi connectivity index (χ4v) is 2.43. The van der Waals surface area contributed by atoms with Gasteiger partial charge in [0.25, 0.3) is 0 Å². The van der Waals surface area contributed by atoms with Crippen LogP contribution in [-0.2, 0) is 13.1 Å². The van der Waals surface area contributed by atoms with E-state index in [1.165, 1.54) is 0 Å². The number of hydrogen-bond acceptors (Lipinski definition) is 6. The van der Waals surface area contributed by atoms with E-state index in [-0.39, 0.29) is 0 Å². The number of benzene rings is 1. The molecule has 0 saturated heterocycles. The molecule has 7 nitrogen and oxygen atoms in total. The second-order valence-corrected chi connectivity index (χ2v) is 5.26. The summed E-state index contributed by atoms with van der Waals surface area (Å²) in [4.78, 5) is 0. The van der Waals surface area contributed by atoms with Crippen molar-refractivity contribution in [3.8, 4) is 11.5 Å². The van der Waals surface area contributed by atoms with Gasteiger partial charge < -0.3 is 14.8 Å². The number of anilines is 1. The first kappa shape index (κ1) is 17.3. The molecule has 8 heteroatoms. The monoisotopic (exact) mass is 339 g/mol. The summed E-state index contributed by atoms with van der Waals surface area (Å²) in [5, 5.41) is 15.4. The number of rotatable bonds is 9. The molecular weight excluding hydrogens is 318 g/mol. The lowest BCUT2D eigenvalue weighted by Gasteiger charge is -2.14. The molecule has 0 fully saturated rings. The summed E-state index contributed by atoms with van der Waals surface area (Å²) in [6.45, 7) is 8.29. The summed E-state index contributed by atoms with van der Waals surface area (Å²) in [6.07, 6.45) is 0.961. The Morgan fingerprint density at radius 1 is 1.17 bits per heavy atom. The van der Waals surface area contributed by atoms with E-state index in [1.807, 2.05) is 26.0 Å². The molecule has 0 radical (unpaired) electrons. The first-order valence-corrected chi connectivity index (χ1v) is 8.15. The van der Waals surface area contributed by atoms with Crippen LogP contribution >= 0.6 is 11.6 Å². The Labute approximate surface area is 140 Å². The van der Waals surface area contributed by atoms with Crippen LogP contribution in [0.15, 0.2) is 12.1 Å². The molecule has 0 saturated carbocycles. The zero-order chi connectivity index (χ0) is 16.7. The van der Waals surface area contributed by atoms with E-state index in [9.17, 15) is 0 Å². The van der Waals surface area contributed by atoms with E-state index >= 15 is 0 Å². The van der Waals surface area contributed by atoms with Crippen molar-refractivity contribution < 1.29 is 9.47 Å². The van der Waals surface area contributed by atoms with Crippen molar-refractivity contribution in [2.45, 2.75) is 40.3 Å². The second kappa shape index (κ2) is 8.57. The standard InChI is InChI=1S/C15H22ClN5O2/c1-4-7-21-15(18-19-20-21)17-10-11-8-12(16)14(23-6-3)13(9-11)22-5-2/h8-9H,4-7,10H2,1-3H3,(H,17,18,20). The number of hydrogen-bond donors (Lipinski definition) is 1. The molecule has 1 aromatic heterocycles. The third-order valence-corrected chi connectivity index (χ3v) is 3.36. The summed E-state index contributed by atoms with van der Waals surface area (Å²) in [7, 11) is 0. The van der Waals surface area contributed by atoms with Crippen LogP contribution in [0.1, 0.15) is 32.8 Å². The second-order valence-electron chi connectivity index (χ2n) is 4.85. The predicted molar refractivity (Wildman–Crippen MR) is 89.2 cm³/mol. The third kappa shape index (κ3) is 4.48. The third-order valence-electron chi connectivity index (χ3n) is 3.08. The molecular formula is C15H22ClN5O2. The average molecular weight is 340 g/mol. The highest BCUT2D eigenvalue weighted by molar-refractivity contribution is 6.32. The molecule has 126 valence electrons. The number of ether oxygens (including phenoxy) is 2. The minimum Gasteiger partial charge on any atom is -0.490 e. The first-order chi connectivity index (χ1) is 11.2. The molecule has 1 N–H and O–H groups in total. The lowest BCUT2D eigenvalue weighted by molar-refractivity contribution is 0.287. The van der Waals surface area contributed by atoms with Crippen molar-refractivity contribution >= 4 is 17.5 Å². The fourth-order valence-electron chi connectivity index (χ4n) is 2.15. The van der Waals surface area contributed by atoms with Crippen molar-refractivity contribution in [2.24, 2.45) is 0 Å². The van der Waals surface area contributed by atoms with Crippen LogP contribution in [0.2, 0.25) is 5.02 Å². The Morgan fingerprint density at radius 2 is 1.96 bits per heavy atom. The summed E-state index contributed by atoms with van der Waals surface area (Å²) in [5.74, 6) is 1.86. The molecule has 0 unspecified atom stereocenters. The van der Waals surface area contributed by atoms with Crippen LogP contribution in [0.3, 0.4) is 0 Å². The van der Waals surface area contributed by atoms with Crippen LogP contribution < -0.4 is 14.8 Å². The Kier molecular flexibility index (Phi) is 6.46. The zero-order valence-corrected chi connectivity index (χ0v) is 14.4. The number of nitrogens with one attached hydrogen (secondary N) is 1. The van der Waals surface area contributed by atoms with Crippen LogP contribution in [0.5, 0.6) is 11.5 Å². The Hall–Kier alpha value is -2.02. The van der Waals surface area contributed by atoms with Gasteiger partial charge in [0, 0.05) is 13.1 Å². The van der Waals surface area contributed by atoms with E-state index in [2.05, 4.69) is 27.8 Å². The number of aromatic nitrogens is 4. The van der Waals surface area contributed by atoms with Crippen molar-refractivity contribution in [1.29, 1.82) is 0 Å². The van der Waals surface area contributed by atoms with Gasteiger partial charge in [0.15, 0.2) is 11.5 Å². The SMILES string of the molecule is CCCn1nnnc1NCc1cc(Cl)c(OCC)c(OCC)c1. The van der Waals surface area contributed by atoms with Crippen LogP contribution in [-0.4, -0.2) is 33.4 Å². The van der Waals surface area contributed by atoms with E-state index in [1.54, 1.807) is 4.68 Å². The minimum atomic E-state index is 0.530. The Morgan fingerprint density at radius 3 is 2.65 bits per heavy atom. The molecule has 0 bridgehead atoms. The predicted octanol–water partition coefficient (Wildman–Crippen LogP) is 3.15. The lowest BCUT2D eigenvalue weighted by Crippen LogP contribution is -2.09. The van der Waals surface area contributed by atoms with E-state index in [0.717, 1.165) is 18.5 Å². The molecule has 0 spiro atoms. The molecule has 0 aliphatic rings. The largest absolute Gasteiger partial charge is 0.490 e. The maximum atomic E-state index is 6.31. The van der Waals surface area contributed by atoms with Gasteiger partial charge in [0.2, 0.25) is 5.95 Å². The molecule has 2 aromatic rings. The number of aryl methyl sites for hydroxylation is 1. The van der Waals surface area contributed by atoms with Gasteiger partial charge in [-0.2, -0.15) is 0 Å². The van der Waals surface area contributed by atoms with Gasteiger partial charge in [0.05, 0.1) is 18.2 Å². The molecule has 0 aliphatic carbocycles. The summed E-state index contributed by atoms with van der Waals surface area (Å²) in [5.41, 5.74) is 0.966. The number of nitrogens with zero attached hydrogens (tertiary/aromatic N) is 4. The first-order valence-electron chi connectivity index (χ1n) is 7.77. The van der Waals surface area contributed by atoms with Gasteiger partial charge >= 0.3 is 0 Å². The maximum Gasteiger partial charge on any atom is 0.243 e. The van der Waals surface area contributed by atoms with Crippen molar-refractivity contribution in [3.05, 3.63) is 22.7 Å². The normalized spacial score (nSPS) is 10.6. The molecule has 0 amide bonds. The van der Waals surface area contributed by atoms with Gasteiger partial charge in [-0.25, -0.2) is 4.68 Å². The van der Waals surface area contributed by atoms with Crippen molar-refractivity contribution in [2.75, 3.05) is 18.5 Å². The Balaban J connectivity index is 2.14. The maximum absolute atomic E-state index is 6.31. The van der Waals surface area contributed by atoms with Gasteiger partial charge in [-0.05, 0) is 48.4 Å². The quantitative estimate of drug-likeness (QED) is 0.756. The summed E-state index contributed by atoms with van der Waals surface area (Å²) in [6, 6.07) is 3.78. The van der Waals surface area contributed by atoms with E-state index < -0.39 is 0 Å². The minimum absolute atomic E-state index is 0.530. The zero-order valence-electron chi connectivity index (χ0n) is 13.7. The van der Waals surface area contributed by atoms with Gasteiger partial charge in [-0.1, -0.05) is 23.6 Å². The molecule has 1 aromatic carbocycles. The van der Waals surface area contributed by atoms with Crippen LogP contribution in [0.25, 0.3) is 0 Å². The van der Waals surface area contributed by atoms with Gasteiger partial charge in [0.1, 0.15) is 0 Å². The molecule has 2 rings (SSSR count). The highest BCUT2D eigenvalue weighted by atomic mass is 35.5. The summed E-state index contributed by atoms with van der Waals surface area (Å²) < 4.78 is 12.9. The number of halogens is 1. The highest BCUT2D eigenvalue weighted by Gasteiger charge is 2.13. The smallest absolute Gasteiger partial charge is 0.243 e. The average Bonchev–Trinajstić information content (AvgIpc) is 2.97. The van der Waals surface area contributed by atoms with Crippen molar-refractivity contribution in [3.63, 3.8) is 0 Å².